The number of nitro groups is 1. The number of hydrogen-bond acceptors (Lipinski definition) is 4. The number of hydrogen-bond donors (Lipinski definition) is 1. The lowest BCUT2D eigenvalue weighted by atomic mass is 10.1. The van der Waals surface area contributed by atoms with Gasteiger partial charge in [-0.1, -0.05) is 26.0 Å². The maximum atomic E-state index is 12.1. The van der Waals surface area contributed by atoms with Crippen molar-refractivity contribution in [2.45, 2.75) is 26.7 Å². The predicted octanol–water partition coefficient (Wildman–Crippen LogP) is 2.10. The lowest BCUT2D eigenvalue weighted by Crippen LogP contribution is -2.38. The van der Waals surface area contributed by atoms with Gasteiger partial charge in [-0.15, -0.1) is 0 Å². The minimum atomic E-state index is -1.05. The molecule has 0 aliphatic rings. The van der Waals surface area contributed by atoms with Gasteiger partial charge < -0.3 is 10.0 Å². The second-order valence-corrected chi connectivity index (χ2v) is 5.49. The molecule has 1 amide bonds. The number of amides is 1. The Morgan fingerprint density at radius 2 is 2.05 bits per heavy atom. The Bertz CT molecular complexity index is 557. The Labute approximate surface area is 128 Å². The number of benzene rings is 1. The Hall–Kier alpha value is -2.44. The maximum Gasteiger partial charge on any atom is 0.323 e. The standard InChI is InChI=1S/C15H20N2O5/c1-11(2)9-16(10-15(19)20)14(18)7-6-12-4-3-5-13(8-12)17(21)22/h3-5,8,11H,6-7,9-10H2,1-2H3,(H,19,20). The third kappa shape index (κ3) is 5.90. The van der Waals surface area contributed by atoms with Crippen molar-refractivity contribution in [3.8, 4) is 0 Å². The van der Waals surface area contributed by atoms with Crippen LogP contribution in [0.4, 0.5) is 5.69 Å². The summed E-state index contributed by atoms with van der Waals surface area (Å²) in [5, 5.41) is 19.6. The fourth-order valence-corrected chi connectivity index (χ4v) is 2.09. The number of rotatable bonds is 8. The van der Waals surface area contributed by atoms with E-state index in [0.717, 1.165) is 0 Å². The van der Waals surface area contributed by atoms with Crippen molar-refractivity contribution >= 4 is 17.6 Å². The van der Waals surface area contributed by atoms with Gasteiger partial charge in [0, 0.05) is 25.1 Å². The van der Waals surface area contributed by atoms with Gasteiger partial charge in [0.25, 0.3) is 5.69 Å². The molecule has 0 aliphatic heterocycles. The predicted molar refractivity (Wildman–Crippen MR) is 80.5 cm³/mol. The summed E-state index contributed by atoms with van der Waals surface area (Å²) in [4.78, 5) is 34.5. The number of non-ortho nitro benzene ring substituents is 1. The molecule has 0 aromatic heterocycles. The van der Waals surface area contributed by atoms with E-state index in [1.165, 1.54) is 17.0 Å². The van der Waals surface area contributed by atoms with Gasteiger partial charge in [0.05, 0.1) is 4.92 Å². The minimum absolute atomic E-state index is 0.0190. The van der Waals surface area contributed by atoms with Crippen LogP contribution < -0.4 is 0 Å². The van der Waals surface area contributed by atoms with Crippen LogP contribution >= 0.6 is 0 Å². The molecule has 0 heterocycles. The highest BCUT2D eigenvalue weighted by Gasteiger charge is 2.18. The van der Waals surface area contributed by atoms with E-state index in [4.69, 9.17) is 5.11 Å². The van der Waals surface area contributed by atoms with Crippen molar-refractivity contribution < 1.29 is 19.6 Å². The van der Waals surface area contributed by atoms with Crippen molar-refractivity contribution in [1.29, 1.82) is 0 Å². The fourth-order valence-electron chi connectivity index (χ4n) is 2.09. The van der Waals surface area contributed by atoms with E-state index in [0.29, 0.717) is 18.5 Å². The Morgan fingerprint density at radius 1 is 1.36 bits per heavy atom. The summed E-state index contributed by atoms with van der Waals surface area (Å²) < 4.78 is 0. The highest BCUT2D eigenvalue weighted by molar-refractivity contribution is 5.81. The molecule has 0 atom stereocenters. The molecule has 0 aliphatic carbocycles. The third-order valence-corrected chi connectivity index (χ3v) is 3.01. The molecule has 0 saturated heterocycles. The van der Waals surface area contributed by atoms with Gasteiger partial charge in [-0.2, -0.15) is 0 Å². The van der Waals surface area contributed by atoms with Crippen LogP contribution in [0.1, 0.15) is 25.8 Å². The normalized spacial score (nSPS) is 10.5. The van der Waals surface area contributed by atoms with Gasteiger partial charge in [-0.25, -0.2) is 0 Å². The molecule has 22 heavy (non-hydrogen) atoms. The number of aliphatic carboxylic acids is 1. The molecule has 1 N–H and O–H groups in total. The van der Waals surface area contributed by atoms with Crippen molar-refractivity contribution in [3.05, 3.63) is 39.9 Å². The number of aryl methyl sites for hydroxylation is 1. The number of carboxylic acids is 1. The average Bonchev–Trinajstić information content (AvgIpc) is 2.43. The van der Waals surface area contributed by atoms with Gasteiger partial charge >= 0.3 is 5.97 Å². The summed E-state index contributed by atoms with van der Waals surface area (Å²) in [5.74, 6) is -1.15. The third-order valence-electron chi connectivity index (χ3n) is 3.01. The van der Waals surface area contributed by atoms with E-state index in [9.17, 15) is 19.7 Å². The van der Waals surface area contributed by atoms with E-state index in [2.05, 4.69) is 0 Å². The lowest BCUT2D eigenvalue weighted by Gasteiger charge is -2.22. The van der Waals surface area contributed by atoms with Gasteiger partial charge in [0.1, 0.15) is 6.54 Å². The van der Waals surface area contributed by atoms with Gasteiger partial charge in [0.2, 0.25) is 5.91 Å². The van der Waals surface area contributed by atoms with E-state index in [-0.39, 0.29) is 30.5 Å². The van der Waals surface area contributed by atoms with Crippen LogP contribution in [0, 0.1) is 16.0 Å². The summed E-state index contributed by atoms with van der Waals surface area (Å²) in [6.45, 7) is 3.86. The Kier molecular flexibility index (Phi) is 6.49. The summed E-state index contributed by atoms with van der Waals surface area (Å²) in [6.07, 6.45) is 0.468. The molecule has 0 bridgehead atoms. The summed E-state index contributed by atoms with van der Waals surface area (Å²) in [5.41, 5.74) is 0.664. The summed E-state index contributed by atoms with van der Waals surface area (Å²) >= 11 is 0. The van der Waals surface area contributed by atoms with Crippen LogP contribution in [-0.2, 0) is 16.0 Å². The molecule has 1 rings (SSSR count). The van der Waals surface area contributed by atoms with Crippen LogP contribution in [-0.4, -0.2) is 39.9 Å². The molecule has 0 unspecified atom stereocenters. The zero-order valence-electron chi connectivity index (χ0n) is 12.7. The first-order valence-corrected chi connectivity index (χ1v) is 7.02. The molecule has 1 aromatic carbocycles. The maximum absolute atomic E-state index is 12.1. The molecular formula is C15H20N2O5. The van der Waals surface area contributed by atoms with Crippen LogP contribution in [0.15, 0.2) is 24.3 Å². The van der Waals surface area contributed by atoms with E-state index in [1.54, 1.807) is 12.1 Å². The quantitative estimate of drug-likeness (QED) is 0.585. The highest BCUT2D eigenvalue weighted by Crippen LogP contribution is 2.15. The molecule has 0 radical (unpaired) electrons. The van der Waals surface area contributed by atoms with Crippen LogP contribution in [0.2, 0.25) is 0 Å². The highest BCUT2D eigenvalue weighted by atomic mass is 16.6. The Balaban J connectivity index is 2.67. The molecule has 1 aromatic rings. The topological polar surface area (TPSA) is 101 Å². The molecule has 7 heteroatoms. The van der Waals surface area contributed by atoms with Crippen LogP contribution in [0.5, 0.6) is 0 Å². The summed E-state index contributed by atoms with van der Waals surface area (Å²) in [6, 6.07) is 6.10. The van der Waals surface area contributed by atoms with Crippen molar-refractivity contribution in [1.82, 2.24) is 4.90 Å². The van der Waals surface area contributed by atoms with E-state index in [1.807, 2.05) is 13.8 Å². The molecule has 0 saturated carbocycles. The second kappa shape index (κ2) is 8.11. The number of carbonyl (C=O) groups is 2. The zero-order chi connectivity index (χ0) is 16.7. The SMILES string of the molecule is CC(C)CN(CC(=O)O)C(=O)CCc1cccc([N+](=O)[O-])c1. The minimum Gasteiger partial charge on any atom is -0.480 e. The lowest BCUT2D eigenvalue weighted by molar-refractivity contribution is -0.384. The molecular weight excluding hydrogens is 288 g/mol. The molecule has 120 valence electrons. The largest absolute Gasteiger partial charge is 0.480 e. The van der Waals surface area contributed by atoms with Gasteiger partial charge in [-0.3, -0.25) is 19.7 Å². The second-order valence-electron chi connectivity index (χ2n) is 5.49. The van der Waals surface area contributed by atoms with Gasteiger partial charge in [-0.05, 0) is 17.9 Å². The van der Waals surface area contributed by atoms with Crippen LogP contribution in [0.3, 0.4) is 0 Å². The van der Waals surface area contributed by atoms with Crippen molar-refractivity contribution in [2.75, 3.05) is 13.1 Å². The first-order valence-electron chi connectivity index (χ1n) is 7.02. The van der Waals surface area contributed by atoms with E-state index >= 15 is 0 Å². The monoisotopic (exact) mass is 308 g/mol. The number of carboxylic acid groups (broad SMARTS) is 1. The number of carbonyl (C=O) groups excluding carboxylic acids is 1. The van der Waals surface area contributed by atoms with E-state index < -0.39 is 10.9 Å². The smallest absolute Gasteiger partial charge is 0.323 e. The number of nitrogens with zero attached hydrogens (tertiary/aromatic N) is 2. The molecule has 0 fully saturated rings. The Morgan fingerprint density at radius 3 is 2.59 bits per heavy atom. The first kappa shape index (κ1) is 17.6. The number of nitro benzene ring substituents is 1. The van der Waals surface area contributed by atoms with Crippen LogP contribution in [0.25, 0.3) is 0 Å². The average molecular weight is 308 g/mol. The first-order chi connectivity index (χ1) is 10.3. The fraction of sp³-hybridized carbons (Fsp3) is 0.467. The summed E-state index contributed by atoms with van der Waals surface area (Å²) in [7, 11) is 0. The molecule has 7 nitrogen and oxygen atoms in total. The van der Waals surface area contributed by atoms with Gasteiger partial charge in [0.15, 0.2) is 0 Å². The van der Waals surface area contributed by atoms with Crippen molar-refractivity contribution in [2.24, 2.45) is 5.92 Å². The van der Waals surface area contributed by atoms with Crippen molar-refractivity contribution in [3.63, 3.8) is 0 Å². The zero-order valence-corrected chi connectivity index (χ0v) is 12.7. The molecule has 0 spiro atoms.